The third-order valence-electron chi connectivity index (χ3n) is 3.75. The first kappa shape index (κ1) is 18.9. The number of nitrogens with one attached hydrogen (secondary N) is 1. The second-order valence-electron chi connectivity index (χ2n) is 5.89. The van der Waals surface area contributed by atoms with Gasteiger partial charge in [0.1, 0.15) is 0 Å². The van der Waals surface area contributed by atoms with Crippen LogP contribution in [0.1, 0.15) is 12.8 Å². The molecule has 0 aromatic heterocycles. The van der Waals surface area contributed by atoms with Crippen molar-refractivity contribution in [2.24, 2.45) is 0 Å². The zero-order chi connectivity index (χ0) is 16.4. The third kappa shape index (κ3) is 7.72. The molecule has 0 radical (unpaired) electrons. The standard InChI is InChI=1S/C15H30N4O3/c1-17(2)15(21)13-19-8-5-7-18(9-10-19)12-14(20)16-6-4-11-22-3/h4-13H2,1-3H3,(H,16,20). The van der Waals surface area contributed by atoms with E-state index < -0.39 is 0 Å². The second-order valence-corrected chi connectivity index (χ2v) is 5.89. The molecule has 0 aliphatic carbocycles. The van der Waals surface area contributed by atoms with Crippen LogP contribution in [0.3, 0.4) is 0 Å². The highest BCUT2D eigenvalue weighted by Crippen LogP contribution is 2.03. The molecule has 1 rings (SSSR count). The van der Waals surface area contributed by atoms with Crippen LogP contribution >= 0.6 is 0 Å². The van der Waals surface area contributed by atoms with Gasteiger partial charge in [0.15, 0.2) is 0 Å². The molecule has 0 unspecified atom stereocenters. The number of ether oxygens (including phenoxy) is 1. The third-order valence-corrected chi connectivity index (χ3v) is 3.75. The maximum atomic E-state index is 11.9. The molecule has 0 spiro atoms. The van der Waals surface area contributed by atoms with Crippen LogP contribution in [-0.4, -0.2) is 100 Å². The first-order chi connectivity index (χ1) is 10.5. The first-order valence-corrected chi connectivity index (χ1v) is 7.93. The average molecular weight is 314 g/mol. The maximum Gasteiger partial charge on any atom is 0.236 e. The van der Waals surface area contributed by atoms with Crippen molar-refractivity contribution in [2.45, 2.75) is 12.8 Å². The fraction of sp³-hybridized carbons (Fsp3) is 0.867. The minimum atomic E-state index is 0.0638. The summed E-state index contributed by atoms with van der Waals surface area (Å²) >= 11 is 0. The van der Waals surface area contributed by atoms with Crippen molar-refractivity contribution in [1.29, 1.82) is 0 Å². The van der Waals surface area contributed by atoms with Gasteiger partial charge in [-0.15, -0.1) is 0 Å². The van der Waals surface area contributed by atoms with E-state index in [4.69, 9.17) is 4.74 Å². The van der Waals surface area contributed by atoms with Gasteiger partial charge in [-0.3, -0.25) is 19.4 Å². The Hall–Kier alpha value is -1.18. The minimum Gasteiger partial charge on any atom is -0.385 e. The molecule has 22 heavy (non-hydrogen) atoms. The molecule has 0 aromatic rings. The van der Waals surface area contributed by atoms with Crippen LogP contribution in [0.25, 0.3) is 0 Å². The largest absolute Gasteiger partial charge is 0.385 e. The van der Waals surface area contributed by atoms with Gasteiger partial charge in [-0.2, -0.15) is 0 Å². The Morgan fingerprint density at radius 2 is 1.73 bits per heavy atom. The van der Waals surface area contributed by atoms with Crippen molar-refractivity contribution in [3.8, 4) is 0 Å². The highest BCUT2D eigenvalue weighted by atomic mass is 16.5. The van der Waals surface area contributed by atoms with Crippen molar-refractivity contribution in [3.05, 3.63) is 0 Å². The van der Waals surface area contributed by atoms with E-state index in [2.05, 4.69) is 15.1 Å². The van der Waals surface area contributed by atoms with E-state index in [-0.39, 0.29) is 11.8 Å². The Morgan fingerprint density at radius 3 is 2.32 bits per heavy atom. The molecule has 0 atom stereocenters. The van der Waals surface area contributed by atoms with E-state index >= 15 is 0 Å². The van der Waals surface area contributed by atoms with Crippen LogP contribution in [0.2, 0.25) is 0 Å². The normalized spacial score (nSPS) is 17.0. The summed E-state index contributed by atoms with van der Waals surface area (Å²) in [5.74, 6) is 0.193. The Morgan fingerprint density at radius 1 is 1.09 bits per heavy atom. The fourth-order valence-corrected chi connectivity index (χ4v) is 2.38. The lowest BCUT2D eigenvalue weighted by atomic mass is 10.3. The lowest BCUT2D eigenvalue weighted by Crippen LogP contribution is -2.41. The van der Waals surface area contributed by atoms with Crippen LogP contribution in [0.5, 0.6) is 0 Å². The van der Waals surface area contributed by atoms with Gasteiger partial charge < -0.3 is 15.0 Å². The predicted octanol–water partition coefficient (Wildman–Crippen LogP) is -0.765. The molecule has 7 heteroatoms. The summed E-state index contributed by atoms with van der Waals surface area (Å²) in [7, 11) is 5.21. The molecule has 128 valence electrons. The fourth-order valence-electron chi connectivity index (χ4n) is 2.38. The second kappa shape index (κ2) is 10.5. The van der Waals surface area contributed by atoms with Gasteiger partial charge in [-0.25, -0.2) is 0 Å². The molecule has 1 aliphatic heterocycles. The van der Waals surface area contributed by atoms with Gasteiger partial charge in [0.2, 0.25) is 11.8 Å². The first-order valence-electron chi connectivity index (χ1n) is 7.93. The van der Waals surface area contributed by atoms with Crippen molar-refractivity contribution < 1.29 is 14.3 Å². The lowest BCUT2D eigenvalue weighted by molar-refractivity contribution is -0.130. The van der Waals surface area contributed by atoms with E-state index in [0.29, 0.717) is 26.2 Å². The summed E-state index contributed by atoms with van der Waals surface area (Å²) in [5, 5.41) is 2.91. The van der Waals surface area contributed by atoms with Gasteiger partial charge in [0, 0.05) is 47.4 Å². The lowest BCUT2D eigenvalue weighted by Gasteiger charge is -2.22. The Bertz CT molecular complexity index is 350. The highest BCUT2D eigenvalue weighted by Gasteiger charge is 2.19. The smallest absolute Gasteiger partial charge is 0.236 e. The van der Waals surface area contributed by atoms with Gasteiger partial charge in [-0.1, -0.05) is 0 Å². The molecule has 1 heterocycles. The van der Waals surface area contributed by atoms with E-state index in [1.165, 1.54) is 0 Å². The minimum absolute atomic E-state index is 0.0638. The molecular weight excluding hydrogens is 284 g/mol. The number of methoxy groups -OCH3 is 1. The van der Waals surface area contributed by atoms with Crippen LogP contribution in [0.4, 0.5) is 0 Å². The van der Waals surface area contributed by atoms with Gasteiger partial charge in [0.25, 0.3) is 0 Å². The highest BCUT2D eigenvalue weighted by molar-refractivity contribution is 5.78. The number of hydrogen-bond acceptors (Lipinski definition) is 5. The molecule has 0 aromatic carbocycles. The Kier molecular flexibility index (Phi) is 9.03. The van der Waals surface area contributed by atoms with Crippen molar-refractivity contribution >= 4 is 11.8 Å². The van der Waals surface area contributed by atoms with Crippen LogP contribution in [0.15, 0.2) is 0 Å². The summed E-state index contributed by atoms with van der Waals surface area (Å²) in [5.41, 5.74) is 0. The summed E-state index contributed by atoms with van der Waals surface area (Å²) < 4.78 is 4.95. The van der Waals surface area contributed by atoms with Crippen molar-refractivity contribution in [1.82, 2.24) is 20.0 Å². The molecule has 7 nitrogen and oxygen atoms in total. The van der Waals surface area contributed by atoms with E-state index in [9.17, 15) is 9.59 Å². The number of carbonyl (C=O) groups is 2. The zero-order valence-corrected chi connectivity index (χ0v) is 14.1. The number of amides is 2. The van der Waals surface area contributed by atoms with Crippen LogP contribution in [0, 0.1) is 0 Å². The molecule has 2 amide bonds. The maximum absolute atomic E-state index is 11.9. The molecule has 0 saturated carbocycles. The van der Waals surface area contributed by atoms with E-state index in [0.717, 1.165) is 39.0 Å². The van der Waals surface area contributed by atoms with Gasteiger partial charge in [0.05, 0.1) is 13.1 Å². The Labute approximate surface area is 133 Å². The topological polar surface area (TPSA) is 65.1 Å². The molecular formula is C15H30N4O3. The quantitative estimate of drug-likeness (QED) is 0.596. The number of carbonyl (C=O) groups excluding carboxylic acids is 2. The summed E-state index contributed by atoms with van der Waals surface area (Å²) in [6.45, 7) is 5.68. The number of hydrogen-bond donors (Lipinski definition) is 1. The molecule has 1 N–H and O–H groups in total. The van der Waals surface area contributed by atoms with E-state index in [1.54, 1.807) is 26.1 Å². The molecule has 0 bridgehead atoms. The number of likely N-dealkylation sites (N-methyl/N-ethyl adjacent to an activating group) is 1. The summed E-state index contributed by atoms with van der Waals surface area (Å²) in [6, 6.07) is 0. The van der Waals surface area contributed by atoms with Gasteiger partial charge >= 0.3 is 0 Å². The monoisotopic (exact) mass is 314 g/mol. The Balaban J connectivity index is 2.25. The van der Waals surface area contributed by atoms with Crippen LogP contribution < -0.4 is 5.32 Å². The molecule has 1 saturated heterocycles. The zero-order valence-electron chi connectivity index (χ0n) is 14.1. The summed E-state index contributed by atoms with van der Waals surface area (Å²) in [4.78, 5) is 29.6. The summed E-state index contributed by atoms with van der Waals surface area (Å²) in [6.07, 6.45) is 1.82. The molecule has 1 fully saturated rings. The van der Waals surface area contributed by atoms with Crippen LogP contribution in [-0.2, 0) is 14.3 Å². The van der Waals surface area contributed by atoms with Gasteiger partial charge in [-0.05, 0) is 25.9 Å². The van der Waals surface area contributed by atoms with E-state index in [1.807, 2.05) is 0 Å². The molecule has 1 aliphatic rings. The number of nitrogens with zero attached hydrogens (tertiary/aromatic N) is 3. The predicted molar refractivity (Wildman–Crippen MR) is 85.7 cm³/mol. The van der Waals surface area contributed by atoms with Crippen molar-refractivity contribution in [2.75, 3.05) is 73.6 Å². The van der Waals surface area contributed by atoms with Crippen molar-refractivity contribution in [3.63, 3.8) is 0 Å². The SMILES string of the molecule is COCCCNC(=O)CN1CCCN(CC(=O)N(C)C)CC1. The number of rotatable bonds is 8. The average Bonchev–Trinajstić information content (AvgIpc) is 2.69.